The Hall–Kier alpha value is -3.84. The number of carbonyl (C=O) groups is 1. The first-order valence-corrected chi connectivity index (χ1v) is 8.60. The third-order valence-corrected chi connectivity index (χ3v) is 4.49. The first-order valence-electron chi connectivity index (χ1n) is 8.60. The number of nitrogens with one attached hydrogen (secondary N) is 1. The van der Waals surface area contributed by atoms with E-state index in [1.54, 1.807) is 12.3 Å². The van der Waals surface area contributed by atoms with Crippen LogP contribution in [0.3, 0.4) is 0 Å². The van der Waals surface area contributed by atoms with Gasteiger partial charge in [0.05, 0.1) is 12.8 Å². The summed E-state index contributed by atoms with van der Waals surface area (Å²) in [5, 5.41) is 7.12. The van der Waals surface area contributed by atoms with Gasteiger partial charge in [-0.2, -0.15) is 5.10 Å². The number of hydrogen-bond donors (Lipinski definition) is 1. The third kappa shape index (κ3) is 3.19. The number of hydrazone groups is 1. The van der Waals surface area contributed by atoms with Crippen molar-refractivity contribution in [1.29, 1.82) is 0 Å². The average molecular weight is 351 g/mol. The molecular formula is C23H17N3O. The molecule has 0 atom stereocenters. The lowest BCUT2D eigenvalue weighted by Gasteiger charge is -2.04. The van der Waals surface area contributed by atoms with E-state index in [4.69, 9.17) is 6.42 Å². The molecule has 0 aliphatic carbocycles. The predicted molar refractivity (Wildman–Crippen MR) is 110 cm³/mol. The number of hydrogen-bond acceptors (Lipinski definition) is 2. The molecule has 1 N–H and O–H groups in total. The van der Waals surface area contributed by atoms with Gasteiger partial charge in [0, 0.05) is 28.2 Å². The first-order chi connectivity index (χ1) is 13.3. The lowest BCUT2D eigenvalue weighted by molar-refractivity contribution is 0.0957. The molecule has 0 saturated carbocycles. The Morgan fingerprint density at radius 3 is 2.63 bits per heavy atom. The predicted octanol–water partition coefficient (Wildman–Crippen LogP) is 4.19. The minimum absolute atomic E-state index is 0.240. The number of benzene rings is 3. The van der Waals surface area contributed by atoms with Gasteiger partial charge in [0.2, 0.25) is 0 Å². The number of aromatic nitrogens is 1. The first kappa shape index (κ1) is 16.6. The number of carbonyl (C=O) groups excluding carboxylic acids is 1. The molecule has 0 spiro atoms. The Bertz CT molecular complexity index is 1210. The third-order valence-electron chi connectivity index (χ3n) is 4.49. The minimum atomic E-state index is -0.240. The molecule has 27 heavy (non-hydrogen) atoms. The van der Waals surface area contributed by atoms with E-state index in [1.165, 1.54) is 0 Å². The van der Waals surface area contributed by atoms with Gasteiger partial charge in [0.1, 0.15) is 0 Å². The molecule has 3 aromatic carbocycles. The summed E-state index contributed by atoms with van der Waals surface area (Å²) in [4.78, 5) is 12.6. The van der Waals surface area contributed by atoms with Gasteiger partial charge in [-0.05, 0) is 22.9 Å². The van der Waals surface area contributed by atoms with Gasteiger partial charge >= 0.3 is 0 Å². The van der Waals surface area contributed by atoms with Gasteiger partial charge in [0.15, 0.2) is 0 Å². The lowest BCUT2D eigenvalue weighted by Crippen LogP contribution is -2.17. The standard InChI is InChI=1S/C23H17N3O/c1-2-14-26-16-18(20-11-5-6-13-22(20)26)15-24-25-23(27)21-12-7-9-17-8-3-4-10-19(17)21/h1,3-13,15-16H,14H2,(H,25,27)/b24-15-. The summed E-state index contributed by atoms with van der Waals surface area (Å²) in [5.41, 5.74) is 5.16. The summed E-state index contributed by atoms with van der Waals surface area (Å²) in [6.45, 7) is 0.483. The number of nitrogens with zero attached hydrogens (tertiary/aromatic N) is 2. The van der Waals surface area contributed by atoms with Crippen LogP contribution in [0.1, 0.15) is 15.9 Å². The van der Waals surface area contributed by atoms with E-state index < -0.39 is 0 Å². The molecule has 1 heterocycles. The highest BCUT2D eigenvalue weighted by Gasteiger charge is 2.09. The number of terminal acetylenes is 1. The molecule has 0 saturated heterocycles. The van der Waals surface area contributed by atoms with E-state index >= 15 is 0 Å². The maximum atomic E-state index is 12.6. The van der Waals surface area contributed by atoms with Crippen molar-refractivity contribution in [1.82, 2.24) is 9.99 Å². The van der Waals surface area contributed by atoms with Crippen molar-refractivity contribution in [3.05, 3.63) is 84.1 Å². The molecule has 1 aromatic heterocycles. The molecule has 0 fully saturated rings. The number of amides is 1. The molecule has 130 valence electrons. The van der Waals surface area contributed by atoms with Crippen LogP contribution in [0.15, 0.2) is 78.0 Å². The van der Waals surface area contributed by atoms with E-state index in [1.807, 2.05) is 71.4 Å². The Labute approximate surface area is 157 Å². The van der Waals surface area contributed by atoms with Crippen molar-refractivity contribution in [2.75, 3.05) is 0 Å². The zero-order valence-corrected chi connectivity index (χ0v) is 14.6. The van der Waals surface area contributed by atoms with Crippen molar-refractivity contribution in [3.63, 3.8) is 0 Å². The largest absolute Gasteiger partial charge is 0.335 e. The summed E-state index contributed by atoms with van der Waals surface area (Å²) in [7, 11) is 0. The quantitative estimate of drug-likeness (QED) is 0.334. The topological polar surface area (TPSA) is 46.4 Å². The molecule has 0 aliphatic heterocycles. The van der Waals surface area contributed by atoms with Crippen molar-refractivity contribution in [2.24, 2.45) is 5.10 Å². The van der Waals surface area contributed by atoms with Crippen LogP contribution >= 0.6 is 0 Å². The Morgan fingerprint density at radius 2 is 1.78 bits per heavy atom. The zero-order valence-electron chi connectivity index (χ0n) is 14.6. The highest BCUT2D eigenvalue weighted by atomic mass is 16.2. The monoisotopic (exact) mass is 351 g/mol. The highest BCUT2D eigenvalue weighted by molar-refractivity contribution is 6.07. The number of para-hydroxylation sites is 1. The van der Waals surface area contributed by atoms with Gasteiger partial charge < -0.3 is 4.57 Å². The van der Waals surface area contributed by atoms with Crippen LogP contribution < -0.4 is 5.43 Å². The Balaban J connectivity index is 1.60. The zero-order chi connectivity index (χ0) is 18.6. The maximum Gasteiger partial charge on any atom is 0.271 e. The van der Waals surface area contributed by atoms with Crippen LogP contribution in [0.4, 0.5) is 0 Å². The van der Waals surface area contributed by atoms with Crippen LogP contribution in [0.2, 0.25) is 0 Å². The maximum absolute atomic E-state index is 12.6. The molecule has 0 aliphatic rings. The molecule has 1 amide bonds. The van der Waals surface area contributed by atoms with Crippen molar-refractivity contribution in [2.45, 2.75) is 6.54 Å². The molecule has 4 rings (SSSR count). The SMILES string of the molecule is C#CCn1cc(/C=N\NC(=O)c2cccc3ccccc23)c2ccccc21. The van der Waals surface area contributed by atoms with E-state index in [2.05, 4.69) is 16.4 Å². The summed E-state index contributed by atoms with van der Waals surface area (Å²) in [6.07, 6.45) is 9.04. The molecule has 4 heteroatoms. The molecule has 0 unspecified atom stereocenters. The lowest BCUT2D eigenvalue weighted by atomic mass is 10.0. The second-order valence-corrected chi connectivity index (χ2v) is 6.16. The fourth-order valence-electron chi connectivity index (χ4n) is 3.25. The highest BCUT2D eigenvalue weighted by Crippen LogP contribution is 2.20. The summed E-state index contributed by atoms with van der Waals surface area (Å²) in [5.74, 6) is 2.41. The number of rotatable bonds is 4. The fraction of sp³-hybridized carbons (Fsp3) is 0.0435. The molecule has 0 radical (unpaired) electrons. The van der Waals surface area contributed by atoms with Crippen LogP contribution in [-0.2, 0) is 6.54 Å². The van der Waals surface area contributed by atoms with E-state index in [0.29, 0.717) is 12.1 Å². The second kappa shape index (κ2) is 7.19. The smallest absolute Gasteiger partial charge is 0.271 e. The van der Waals surface area contributed by atoms with Gasteiger partial charge in [-0.3, -0.25) is 4.79 Å². The Kier molecular flexibility index (Phi) is 4.42. The van der Waals surface area contributed by atoms with Gasteiger partial charge in [-0.25, -0.2) is 5.43 Å². The molecule has 0 bridgehead atoms. The van der Waals surface area contributed by atoms with Crippen molar-refractivity contribution in [3.8, 4) is 12.3 Å². The second-order valence-electron chi connectivity index (χ2n) is 6.16. The minimum Gasteiger partial charge on any atom is -0.335 e. The fourth-order valence-corrected chi connectivity index (χ4v) is 3.25. The van der Waals surface area contributed by atoms with Crippen LogP contribution in [0, 0.1) is 12.3 Å². The van der Waals surface area contributed by atoms with Gasteiger partial charge in [-0.15, -0.1) is 6.42 Å². The molecule has 4 aromatic rings. The summed E-state index contributed by atoms with van der Waals surface area (Å²) in [6, 6.07) is 21.4. The van der Waals surface area contributed by atoms with Crippen molar-refractivity contribution < 1.29 is 4.79 Å². The van der Waals surface area contributed by atoms with E-state index in [0.717, 1.165) is 27.2 Å². The van der Waals surface area contributed by atoms with Gasteiger partial charge in [0.25, 0.3) is 5.91 Å². The van der Waals surface area contributed by atoms with Crippen molar-refractivity contribution >= 4 is 33.8 Å². The van der Waals surface area contributed by atoms with E-state index in [-0.39, 0.29) is 5.91 Å². The summed E-state index contributed by atoms with van der Waals surface area (Å²) < 4.78 is 1.99. The van der Waals surface area contributed by atoms with Crippen LogP contribution in [-0.4, -0.2) is 16.7 Å². The normalized spacial score (nSPS) is 11.1. The summed E-state index contributed by atoms with van der Waals surface area (Å²) >= 11 is 0. The van der Waals surface area contributed by atoms with Crippen LogP contribution in [0.25, 0.3) is 21.7 Å². The van der Waals surface area contributed by atoms with Gasteiger partial charge in [-0.1, -0.05) is 60.5 Å². The number of fused-ring (bicyclic) bond motifs is 2. The molecule has 4 nitrogen and oxygen atoms in total. The average Bonchev–Trinajstić information content (AvgIpc) is 3.05. The van der Waals surface area contributed by atoms with Crippen LogP contribution in [0.5, 0.6) is 0 Å². The molecular weight excluding hydrogens is 334 g/mol. The van der Waals surface area contributed by atoms with E-state index in [9.17, 15) is 4.79 Å². The Morgan fingerprint density at radius 1 is 1.04 bits per heavy atom.